The van der Waals surface area contributed by atoms with Crippen LogP contribution in [-0.2, 0) is 16.2 Å². The molecule has 0 aromatic heterocycles. The maximum Gasteiger partial charge on any atom is 0.252 e. The van der Waals surface area contributed by atoms with Crippen LogP contribution < -0.4 is 26.2 Å². The number of fused-ring (bicyclic) bond motifs is 4. The molecule has 326 valence electrons. The predicted molar refractivity (Wildman–Crippen MR) is 286 cm³/mol. The molecule has 67 heavy (non-hydrogen) atoms. The molecule has 9 aromatic rings. The second kappa shape index (κ2) is 16.2. The van der Waals surface area contributed by atoms with E-state index < -0.39 is 5.41 Å². The van der Waals surface area contributed by atoms with Crippen LogP contribution in [-0.4, -0.2) is 6.71 Å². The van der Waals surface area contributed by atoms with E-state index in [0.717, 1.165) is 11.4 Å². The van der Waals surface area contributed by atoms with E-state index in [9.17, 15) is 0 Å². The van der Waals surface area contributed by atoms with Gasteiger partial charge >= 0.3 is 0 Å². The zero-order chi connectivity index (χ0) is 46.1. The summed E-state index contributed by atoms with van der Waals surface area (Å²) in [6.07, 6.45) is 0. The molecule has 0 radical (unpaired) electrons. The Hall–Kier alpha value is -7.36. The molecule has 0 spiro atoms. The lowest BCUT2D eigenvalue weighted by atomic mass is 9.33. The molecule has 2 aliphatic heterocycles. The molecule has 9 aromatic carbocycles. The van der Waals surface area contributed by atoms with Crippen LogP contribution in [0.2, 0.25) is 0 Å². The highest BCUT2D eigenvalue weighted by molar-refractivity contribution is 7.00. The monoisotopic (exact) mass is 864 g/mol. The minimum atomic E-state index is -0.504. The molecule has 3 heteroatoms. The molecule has 0 unspecified atom stereocenters. The van der Waals surface area contributed by atoms with E-state index in [2.05, 4.69) is 277 Å². The van der Waals surface area contributed by atoms with Gasteiger partial charge in [-0.3, -0.25) is 0 Å². The van der Waals surface area contributed by atoms with Gasteiger partial charge in [-0.15, -0.1) is 0 Å². The molecule has 0 fully saturated rings. The summed E-state index contributed by atoms with van der Waals surface area (Å²) in [4.78, 5) is 5.17. The molecule has 0 bridgehead atoms. The maximum absolute atomic E-state index is 2.62. The van der Waals surface area contributed by atoms with Gasteiger partial charge in [-0.1, -0.05) is 209 Å². The van der Waals surface area contributed by atoms with E-state index in [4.69, 9.17) is 0 Å². The lowest BCUT2D eigenvalue weighted by Crippen LogP contribution is -2.61. The van der Waals surface area contributed by atoms with E-state index in [1.807, 2.05) is 0 Å². The molecule has 11 rings (SSSR count). The van der Waals surface area contributed by atoms with Crippen molar-refractivity contribution >= 4 is 57.2 Å². The average molecular weight is 865 g/mol. The molecule has 2 aliphatic rings. The Balaban J connectivity index is 1.27. The molecule has 0 atom stereocenters. The summed E-state index contributed by atoms with van der Waals surface area (Å²) < 4.78 is 0. The summed E-state index contributed by atoms with van der Waals surface area (Å²) in [5.74, 6) is 0. The first-order valence-corrected chi connectivity index (χ1v) is 23.9. The van der Waals surface area contributed by atoms with Gasteiger partial charge in [-0.2, -0.15) is 0 Å². The fourth-order valence-corrected chi connectivity index (χ4v) is 11.2. The van der Waals surface area contributed by atoms with Crippen LogP contribution in [0.4, 0.5) is 34.1 Å². The lowest BCUT2D eigenvalue weighted by Gasteiger charge is -2.46. The smallest absolute Gasteiger partial charge is 0.252 e. The highest BCUT2D eigenvalue weighted by atomic mass is 15.2. The van der Waals surface area contributed by atoms with Gasteiger partial charge in [0.2, 0.25) is 0 Å². The predicted octanol–water partition coefficient (Wildman–Crippen LogP) is 14.4. The van der Waals surface area contributed by atoms with Crippen molar-refractivity contribution in [1.82, 2.24) is 0 Å². The van der Waals surface area contributed by atoms with Crippen molar-refractivity contribution < 1.29 is 0 Å². The van der Waals surface area contributed by atoms with Gasteiger partial charge in [0.05, 0.1) is 0 Å². The maximum atomic E-state index is 2.62. The standard InChI is InChI=1S/C64H57BN2/c1-44-31-35-53(36-32-44)66-57-38-33-45(2)39-56(57)65-55-37-34-51(63(5,6)47-23-14-9-15-24-47)41-58(55)67(54-30-20-29-50(40-54)62(3,4)46-21-12-8-13-22-46)60-43-52(42-59(66)61(60)65)64(7,48-25-16-10-17-26-48)49-27-18-11-19-28-49/h8-43H,1-7H3. The Bertz CT molecular complexity index is 3230. The Morgan fingerprint density at radius 1 is 0.313 bits per heavy atom. The highest BCUT2D eigenvalue weighted by Gasteiger charge is 2.46. The van der Waals surface area contributed by atoms with Gasteiger partial charge in [0.15, 0.2) is 0 Å². The molecule has 0 aliphatic carbocycles. The van der Waals surface area contributed by atoms with Crippen LogP contribution in [0.3, 0.4) is 0 Å². The fraction of sp³-hybridized carbons (Fsp3) is 0.156. The van der Waals surface area contributed by atoms with Crippen LogP contribution in [0.1, 0.15) is 84.7 Å². The van der Waals surface area contributed by atoms with Crippen molar-refractivity contribution in [1.29, 1.82) is 0 Å². The SMILES string of the molecule is Cc1ccc(N2c3ccc(C)cc3B3c4ccc(C(C)(C)c5ccccc5)cc4N(c4cccc(C(C)(C)c5ccccc5)c4)c4cc(C(C)(c5ccccc5)c5ccccc5)cc2c43)cc1. The highest BCUT2D eigenvalue weighted by Crippen LogP contribution is 2.50. The van der Waals surface area contributed by atoms with E-state index in [0.29, 0.717) is 0 Å². The van der Waals surface area contributed by atoms with Crippen molar-refractivity contribution in [2.75, 3.05) is 9.80 Å². The van der Waals surface area contributed by atoms with Gasteiger partial charge in [-0.05, 0) is 125 Å². The normalized spacial score (nSPS) is 13.2. The zero-order valence-electron chi connectivity index (χ0n) is 39.8. The Morgan fingerprint density at radius 3 is 1.33 bits per heavy atom. The number of benzene rings is 9. The third-order valence-electron chi connectivity index (χ3n) is 15.3. The molecule has 2 nitrogen and oxygen atoms in total. The largest absolute Gasteiger partial charge is 0.311 e. The van der Waals surface area contributed by atoms with Gasteiger partial charge < -0.3 is 9.80 Å². The van der Waals surface area contributed by atoms with Crippen molar-refractivity contribution in [3.05, 3.63) is 268 Å². The van der Waals surface area contributed by atoms with E-state index in [1.54, 1.807) is 0 Å². The molecule has 0 N–H and O–H groups in total. The summed E-state index contributed by atoms with van der Waals surface area (Å²) in [5, 5.41) is 0. The second-order valence-electron chi connectivity index (χ2n) is 20.1. The van der Waals surface area contributed by atoms with Gasteiger partial charge in [0.25, 0.3) is 6.71 Å². The van der Waals surface area contributed by atoms with E-state index in [-0.39, 0.29) is 17.5 Å². The molecule has 0 amide bonds. The molecular weight excluding hydrogens is 808 g/mol. The second-order valence-corrected chi connectivity index (χ2v) is 20.1. The summed E-state index contributed by atoms with van der Waals surface area (Å²) in [7, 11) is 0. The van der Waals surface area contributed by atoms with Crippen LogP contribution in [0, 0.1) is 13.8 Å². The van der Waals surface area contributed by atoms with Crippen LogP contribution in [0.25, 0.3) is 0 Å². The quantitative estimate of drug-likeness (QED) is 0.105. The molecule has 2 heterocycles. The minimum absolute atomic E-state index is 0.0144. The number of rotatable bonds is 9. The fourth-order valence-electron chi connectivity index (χ4n) is 11.2. The summed E-state index contributed by atoms with van der Waals surface area (Å²) in [5.41, 5.74) is 21.5. The molecule has 0 saturated heterocycles. The number of aryl methyl sites for hydroxylation is 2. The Labute approximate surface area is 398 Å². The van der Waals surface area contributed by atoms with Gasteiger partial charge in [0.1, 0.15) is 0 Å². The van der Waals surface area contributed by atoms with Crippen LogP contribution >= 0.6 is 0 Å². The third kappa shape index (κ3) is 6.94. The van der Waals surface area contributed by atoms with Crippen LogP contribution in [0.5, 0.6) is 0 Å². The van der Waals surface area contributed by atoms with Crippen molar-refractivity contribution in [3.8, 4) is 0 Å². The number of hydrogen-bond acceptors (Lipinski definition) is 2. The summed E-state index contributed by atoms with van der Waals surface area (Å²) in [6.45, 7) is 16.3. The lowest BCUT2D eigenvalue weighted by molar-refractivity contribution is 0.640. The number of hydrogen-bond donors (Lipinski definition) is 0. The van der Waals surface area contributed by atoms with Crippen molar-refractivity contribution in [3.63, 3.8) is 0 Å². The van der Waals surface area contributed by atoms with Gasteiger partial charge in [-0.25, -0.2) is 0 Å². The van der Waals surface area contributed by atoms with Crippen molar-refractivity contribution in [2.24, 2.45) is 0 Å². The van der Waals surface area contributed by atoms with E-state index in [1.165, 1.54) is 89.2 Å². The topological polar surface area (TPSA) is 6.48 Å². The minimum Gasteiger partial charge on any atom is -0.311 e. The molecular formula is C64H57BN2. The number of nitrogens with zero attached hydrogens (tertiary/aromatic N) is 2. The summed E-state index contributed by atoms with van der Waals surface area (Å²) in [6, 6.07) is 82.2. The average Bonchev–Trinajstić information content (AvgIpc) is 3.37. The molecule has 0 saturated carbocycles. The number of anilines is 6. The van der Waals surface area contributed by atoms with E-state index >= 15 is 0 Å². The Kier molecular flexibility index (Phi) is 10.2. The Morgan fingerprint density at radius 2 is 0.776 bits per heavy atom. The van der Waals surface area contributed by atoms with Gasteiger partial charge in [0, 0.05) is 50.4 Å². The first-order valence-electron chi connectivity index (χ1n) is 23.9. The first-order chi connectivity index (χ1) is 32.4. The first kappa shape index (κ1) is 42.3. The third-order valence-corrected chi connectivity index (χ3v) is 15.3. The summed E-state index contributed by atoms with van der Waals surface area (Å²) >= 11 is 0. The van der Waals surface area contributed by atoms with Crippen LogP contribution in [0.15, 0.2) is 218 Å². The zero-order valence-corrected chi connectivity index (χ0v) is 39.8. The van der Waals surface area contributed by atoms with Crippen molar-refractivity contribution in [2.45, 2.75) is 64.7 Å².